The Hall–Kier alpha value is -4.33. The molecule has 150 valence electrons. The summed E-state index contributed by atoms with van der Waals surface area (Å²) in [5, 5.41) is 8.95. The Morgan fingerprint density at radius 2 is 1.67 bits per heavy atom. The molecule has 30 heavy (non-hydrogen) atoms. The van der Waals surface area contributed by atoms with E-state index < -0.39 is 17.7 Å². The van der Waals surface area contributed by atoms with Gasteiger partial charge >= 0.3 is 11.8 Å². The Morgan fingerprint density at radius 1 is 0.900 bits per heavy atom. The number of hydrazone groups is 1. The molecule has 3 amide bonds. The fraction of sp³-hybridized carbons (Fsp3) is 0.0455. The van der Waals surface area contributed by atoms with Gasteiger partial charge in [-0.1, -0.05) is 24.3 Å². The zero-order valence-electron chi connectivity index (χ0n) is 16.1. The Morgan fingerprint density at radius 3 is 2.43 bits per heavy atom. The van der Waals surface area contributed by atoms with Gasteiger partial charge in [-0.2, -0.15) is 5.10 Å². The summed E-state index contributed by atoms with van der Waals surface area (Å²) in [6, 6.07) is 17.1. The highest BCUT2D eigenvalue weighted by Gasteiger charge is 2.17. The van der Waals surface area contributed by atoms with Crippen LogP contribution in [0, 0.1) is 6.92 Å². The lowest BCUT2D eigenvalue weighted by Crippen LogP contribution is -2.33. The molecule has 1 aromatic heterocycles. The first-order valence-corrected chi connectivity index (χ1v) is 9.04. The van der Waals surface area contributed by atoms with Gasteiger partial charge in [0.25, 0.3) is 5.91 Å². The number of rotatable bonds is 5. The third-order valence-corrected chi connectivity index (χ3v) is 3.99. The number of aromatic nitrogens is 1. The summed E-state index contributed by atoms with van der Waals surface area (Å²) in [4.78, 5) is 40.7. The van der Waals surface area contributed by atoms with Crippen LogP contribution in [0.25, 0.3) is 0 Å². The summed E-state index contributed by atoms with van der Waals surface area (Å²) in [5.41, 5.74) is 4.91. The fourth-order valence-electron chi connectivity index (χ4n) is 2.56. The van der Waals surface area contributed by atoms with Crippen LogP contribution in [0.2, 0.25) is 0 Å². The molecule has 0 bridgehead atoms. The normalized spacial score (nSPS) is 10.4. The lowest BCUT2D eigenvalue weighted by atomic mass is 10.1. The maximum absolute atomic E-state index is 12.6. The zero-order valence-corrected chi connectivity index (χ0v) is 16.1. The average Bonchev–Trinajstić information content (AvgIpc) is 2.74. The number of hydrogen-bond donors (Lipinski definition) is 3. The van der Waals surface area contributed by atoms with E-state index in [2.05, 4.69) is 26.1 Å². The molecule has 0 aliphatic heterocycles. The van der Waals surface area contributed by atoms with E-state index in [1.807, 2.05) is 25.1 Å². The van der Waals surface area contributed by atoms with Crippen LogP contribution >= 0.6 is 0 Å². The van der Waals surface area contributed by atoms with E-state index in [0.717, 1.165) is 5.56 Å². The maximum atomic E-state index is 12.6. The quantitative estimate of drug-likeness (QED) is 0.347. The first-order valence-electron chi connectivity index (χ1n) is 9.04. The standard InChI is InChI=1S/C22H19N5O3/c1-15-5-4-6-17(13-15)25-20(28)18-7-2-3-8-19(18)26-21(29)22(30)27-24-14-16-9-11-23-12-10-16/h2-14H,1H3,(H,25,28)(H,26,29)(H,27,30)/b24-14+. The summed E-state index contributed by atoms with van der Waals surface area (Å²) in [6.07, 6.45) is 4.54. The molecule has 3 rings (SSSR count). The van der Waals surface area contributed by atoms with Crippen molar-refractivity contribution in [3.8, 4) is 0 Å². The number of carbonyl (C=O) groups excluding carboxylic acids is 3. The van der Waals surface area contributed by atoms with Crippen LogP contribution in [0.15, 0.2) is 78.2 Å². The highest BCUT2D eigenvalue weighted by atomic mass is 16.2. The van der Waals surface area contributed by atoms with Crippen molar-refractivity contribution in [3.63, 3.8) is 0 Å². The smallest absolute Gasteiger partial charge is 0.322 e. The van der Waals surface area contributed by atoms with Crippen LogP contribution in [0.1, 0.15) is 21.5 Å². The molecule has 0 radical (unpaired) electrons. The van der Waals surface area contributed by atoms with E-state index in [1.165, 1.54) is 12.3 Å². The number of nitrogens with one attached hydrogen (secondary N) is 3. The lowest BCUT2D eigenvalue weighted by Gasteiger charge is -2.11. The van der Waals surface area contributed by atoms with E-state index in [-0.39, 0.29) is 11.3 Å². The van der Waals surface area contributed by atoms with Crippen molar-refractivity contribution >= 4 is 35.3 Å². The molecule has 0 fully saturated rings. The summed E-state index contributed by atoms with van der Waals surface area (Å²) >= 11 is 0. The zero-order chi connectivity index (χ0) is 21.3. The molecular weight excluding hydrogens is 382 g/mol. The maximum Gasteiger partial charge on any atom is 0.329 e. The second-order valence-electron chi connectivity index (χ2n) is 6.30. The Balaban J connectivity index is 1.64. The number of benzene rings is 2. The molecule has 0 saturated heterocycles. The number of para-hydroxylation sites is 1. The second kappa shape index (κ2) is 9.74. The monoisotopic (exact) mass is 401 g/mol. The van der Waals surface area contributed by atoms with Crippen molar-refractivity contribution < 1.29 is 14.4 Å². The van der Waals surface area contributed by atoms with Crippen molar-refractivity contribution in [3.05, 3.63) is 89.7 Å². The topological polar surface area (TPSA) is 113 Å². The van der Waals surface area contributed by atoms with E-state index >= 15 is 0 Å². The summed E-state index contributed by atoms with van der Waals surface area (Å²) in [6.45, 7) is 1.92. The third-order valence-electron chi connectivity index (χ3n) is 3.99. The summed E-state index contributed by atoms with van der Waals surface area (Å²) in [7, 11) is 0. The predicted octanol–water partition coefficient (Wildman–Crippen LogP) is 2.73. The summed E-state index contributed by atoms with van der Waals surface area (Å²) in [5.74, 6) is -2.32. The highest BCUT2D eigenvalue weighted by molar-refractivity contribution is 6.40. The van der Waals surface area contributed by atoms with Gasteiger partial charge in [0.15, 0.2) is 0 Å². The minimum atomic E-state index is -0.964. The van der Waals surface area contributed by atoms with Crippen molar-refractivity contribution in [2.24, 2.45) is 5.10 Å². The molecule has 8 heteroatoms. The molecule has 1 heterocycles. The number of hydrogen-bond acceptors (Lipinski definition) is 5. The van der Waals surface area contributed by atoms with E-state index in [0.29, 0.717) is 11.3 Å². The molecule has 0 saturated carbocycles. The molecule has 0 spiro atoms. The van der Waals surface area contributed by atoms with Crippen molar-refractivity contribution in [1.29, 1.82) is 0 Å². The molecular formula is C22H19N5O3. The number of aryl methyl sites for hydroxylation is 1. The molecule has 8 nitrogen and oxygen atoms in total. The molecule has 0 aliphatic rings. The van der Waals surface area contributed by atoms with Crippen molar-refractivity contribution in [2.75, 3.05) is 10.6 Å². The summed E-state index contributed by atoms with van der Waals surface area (Å²) < 4.78 is 0. The average molecular weight is 401 g/mol. The van der Waals surface area contributed by atoms with Crippen LogP contribution in [-0.4, -0.2) is 28.9 Å². The van der Waals surface area contributed by atoms with Gasteiger partial charge in [0.05, 0.1) is 17.5 Å². The van der Waals surface area contributed by atoms with E-state index in [4.69, 9.17) is 0 Å². The van der Waals surface area contributed by atoms with Crippen LogP contribution in [0.5, 0.6) is 0 Å². The van der Waals surface area contributed by atoms with Crippen LogP contribution in [-0.2, 0) is 9.59 Å². The lowest BCUT2D eigenvalue weighted by molar-refractivity contribution is -0.136. The van der Waals surface area contributed by atoms with E-state index in [9.17, 15) is 14.4 Å². The van der Waals surface area contributed by atoms with Gasteiger partial charge in [-0.15, -0.1) is 0 Å². The van der Waals surface area contributed by atoms with Crippen LogP contribution in [0.4, 0.5) is 11.4 Å². The van der Waals surface area contributed by atoms with Gasteiger partial charge in [0.1, 0.15) is 0 Å². The van der Waals surface area contributed by atoms with Crippen LogP contribution < -0.4 is 16.1 Å². The Labute approximate surface area is 173 Å². The number of amides is 3. The van der Waals surface area contributed by atoms with E-state index in [1.54, 1.807) is 48.8 Å². The SMILES string of the molecule is Cc1cccc(NC(=O)c2ccccc2NC(=O)C(=O)N/N=C/c2ccncc2)c1. The number of nitrogens with zero attached hydrogens (tertiary/aromatic N) is 2. The number of pyridine rings is 1. The van der Waals surface area contributed by atoms with Gasteiger partial charge in [-0.3, -0.25) is 19.4 Å². The van der Waals surface area contributed by atoms with Gasteiger partial charge in [0.2, 0.25) is 0 Å². The highest BCUT2D eigenvalue weighted by Crippen LogP contribution is 2.18. The molecule has 0 aliphatic carbocycles. The van der Waals surface area contributed by atoms with Crippen LogP contribution in [0.3, 0.4) is 0 Å². The third kappa shape index (κ3) is 5.59. The molecule has 2 aromatic carbocycles. The molecule has 3 N–H and O–H groups in total. The van der Waals surface area contributed by atoms with Crippen molar-refractivity contribution in [1.82, 2.24) is 10.4 Å². The minimum Gasteiger partial charge on any atom is -0.322 e. The fourth-order valence-corrected chi connectivity index (χ4v) is 2.56. The molecule has 0 unspecified atom stereocenters. The predicted molar refractivity (Wildman–Crippen MR) is 114 cm³/mol. The van der Waals surface area contributed by atoms with Gasteiger partial charge in [-0.25, -0.2) is 5.43 Å². The first-order chi connectivity index (χ1) is 14.5. The molecule has 0 atom stereocenters. The van der Waals surface area contributed by atoms with Crippen molar-refractivity contribution in [2.45, 2.75) is 6.92 Å². The minimum absolute atomic E-state index is 0.209. The first kappa shape index (κ1) is 20.4. The van der Waals surface area contributed by atoms with Gasteiger partial charge < -0.3 is 10.6 Å². The van der Waals surface area contributed by atoms with Gasteiger partial charge in [0, 0.05) is 18.1 Å². The number of carbonyl (C=O) groups is 3. The largest absolute Gasteiger partial charge is 0.329 e. The van der Waals surface area contributed by atoms with Gasteiger partial charge in [-0.05, 0) is 54.4 Å². The molecule has 3 aromatic rings. The Bertz CT molecular complexity index is 1100. The number of anilines is 2. The Kier molecular flexibility index (Phi) is 6.63. The second-order valence-corrected chi connectivity index (χ2v) is 6.30.